The van der Waals surface area contributed by atoms with Crippen LogP contribution in [0.4, 0.5) is 0 Å². The van der Waals surface area contributed by atoms with Crippen molar-refractivity contribution < 1.29 is 13.2 Å². The minimum absolute atomic E-state index is 0.254. The number of benzene rings is 1. The number of aryl methyl sites for hydroxylation is 2. The Hall–Kier alpha value is -1.51. The van der Waals surface area contributed by atoms with Gasteiger partial charge in [-0.1, -0.05) is 17.7 Å². The van der Waals surface area contributed by atoms with E-state index in [1.54, 1.807) is 18.5 Å². The van der Waals surface area contributed by atoms with E-state index in [9.17, 15) is 8.42 Å². The molecule has 1 aromatic heterocycles. The second-order valence-corrected chi connectivity index (χ2v) is 9.02. The number of aromatic nitrogens is 2. The lowest BCUT2D eigenvalue weighted by Gasteiger charge is -2.31. The molecular formula is C17H20BrN3O3S. The summed E-state index contributed by atoms with van der Waals surface area (Å²) in [7, 11) is -3.54. The molecule has 1 aliphatic heterocycles. The first-order chi connectivity index (χ1) is 11.9. The molecule has 1 saturated heterocycles. The third-order valence-electron chi connectivity index (χ3n) is 4.16. The number of ether oxygens (including phenoxy) is 1. The molecule has 0 N–H and O–H groups in total. The summed E-state index contributed by atoms with van der Waals surface area (Å²) in [6, 6.07) is 5.66. The average molecular weight is 426 g/mol. The molecule has 1 aromatic carbocycles. The van der Waals surface area contributed by atoms with Crippen LogP contribution in [0.2, 0.25) is 0 Å². The van der Waals surface area contributed by atoms with Crippen LogP contribution in [0.15, 0.2) is 40.0 Å². The van der Waals surface area contributed by atoms with Crippen LogP contribution >= 0.6 is 15.9 Å². The fraction of sp³-hybridized carbons (Fsp3) is 0.412. The van der Waals surface area contributed by atoms with Crippen molar-refractivity contribution in [2.45, 2.75) is 37.7 Å². The monoisotopic (exact) mass is 425 g/mol. The highest BCUT2D eigenvalue weighted by atomic mass is 79.9. The van der Waals surface area contributed by atoms with Gasteiger partial charge in [0, 0.05) is 18.9 Å². The van der Waals surface area contributed by atoms with Crippen LogP contribution < -0.4 is 4.74 Å². The zero-order chi connectivity index (χ0) is 18.0. The van der Waals surface area contributed by atoms with Crippen LogP contribution in [0, 0.1) is 13.8 Å². The second kappa shape index (κ2) is 7.39. The van der Waals surface area contributed by atoms with Crippen molar-refractivity contribution in [2.24, 2.45) is 0 Å². The quantitative estimate of drug-likeness (QED) is 0.752. The Morgan fingerprint density at radius 3 is 2.64 bits per heavy atom. The first-order valence-electron chi connectivity index (χ1n) is 8.08. The Morgan fingerprint density at radius 1 is 1.24 bits per heavy atom. The van der Waals surface area contributed by atoms with Gasteiger partial charge in [0.1, 0.15) is 6.10 Å². The van der Waals surface area contributed by atoms with Gasteiger partial charge in [-0.2, -0.15) is 4.31 Å². The number of hydrogen-bond acceptors (Lipinski definition) is 5. The molecule has 0 bridgehead atoms. The third-order valence-corrected chi connectivity index (χ3v) is 6.59. The minimum atomic E-state index is -3.54. The second-order valence-electron chi connectivity index (χ2n) is 6.20. The summed E-state index contributed by atoms with van der Waals surface area (Å²) < 4.78 is 34.0. The molecule has 3 rings (SSSR count). The van der Waals surface area contributed by atoms with Crippen LogP contribution in [-0.4, -0.2) is 41.9 Å². The lowest BCUT2D eigenvalue weighted by molar-refractivity contribution is 0.119. The zero-order valence-corrected chi connectivity index (χ0v) is 16.5. The molecule has 2 heterocycles. The van der Waals surface area contributed by atoms with Gasteiger partial charge in [-0.25, -0.2) is 18.4 Å². The number of rotatable bonds is 4. The first-order valence-corrected chi connectivity index (χ1v) is 10.3. The molecule has 0 aliphatic carbocycles. The van der Waals surface area contributed by atoms with Crippen LogP contribution in [0.1, 0.15) is 24.0 Å². The summed E-state index contributed by atoms with van der Waals surface area (Å²) in [5.41, 5.74) is 1.81. The van der Waals surface area contributed by atoms with Crippen molar-refractivity contribution in [2.75, 3.05) is 13.1 Å². The van der Waals surface area contributed by atoms with Gasteiger partial charge in [-0.15, -0.1) is 0 Å². The lowest BCUT2D eigenvalue weighted by atomic mass is 10.1. The van der Waals surface area contributed by atoms with E-state index in [1.165, 1.54) is 4.31 Å². The smallest absolute Gasteiger partial charge is 0.316 e. The molecule has 1 aliphatic rings. The van der Waals surface area contributed by atoms with E-state index in [2.05, 4.69) is 25.9 Å². The summed E-state index contributed by atoms with van der Waals surface area (Å²) >= 11 is 3.28. The molecule has 2 aromatic rings. The molecule has 1 unspecified atom stereocenters. The third kappa shape index (κ3) is 4.19. The number of nitrogens with zero attached hydrogens (tertiary/aromatic N) is 3. The Balaban J connectivity index is 1.76. The van der Waals surface area contributed by atoms with E-state index in [1.807, 2.05) is 26.0 Å². The molecule has 8 heteroatoms. The van der Waals surface area contributed by atoms with Crippen LogP contribution in [0.25, 0.3) is 0 Å². The molecule has 0 saturated carbocycles. The Kier molecular flexibility index (Phi) is 5.41. The van der Waals surface area contributed by atoms with Gasteiger partial charge in [0.2, 0.25) is 10.0 Å². The van der Waals surface area contributed by atoms with Crippen LogP contribution in [0.3, 0.4) is 0 Å². The van der Waals surface area contributed by atoms with Crippen molar-refractivity contribution in [3.05, 3.63) is 46.2 Å². The fourth-order valence-electron chi connectivity index (χ4n) is 2.96. The summed E-state index contributed by atoms with van der Waals surface area (Å²) in [5, 5.41) is 0. The Bertz CT molecular complexity index is 856. The normalized spacial score (nSPS) is 18.9. The fourth-order valence-corrected chi connectivity index (χ4v) is 4.88. The van der Waals surface area contributed by atoms with E-state index < -0.39 is 10.0 Å². The molecule has 0 spiro atoms. The van der Waals surface area contributed by atoms with Crippen molar-refractivity contribution in [1.82, 2.24) is 14.3 Å². The maximum absolute atomic E-state index is 13.0. The lowest BCUT2D eigenvalue weighted by Crippen LogP contribution is -2.44. The van der Waals surface area contributed by atoms with E-state index in [4.69, 9.17) is 4.74 Å². The average Bonchev–Trinajstić information content (AvgIpc) is 2.57. The predicted octanol–water partition coefficient (Wildman–Crippen LogP) is 3.09. The molecule has 1 atom stereocenters. The summed E-state index contributed by atoms with van der Waals surface area (Å²) in [5.74, 6) is 0. The summed E-state index contributed by atoms with van der Waals surface area (Å²) in [6.07, 6.45) is 4.48. The van der Waals surface area contributed by atoms with Gasteiger partial charge in [0.05, 0.1) is 15.9 Å². The Morgan fingerprint density at radius 2 is 1.96 bits per heavy atom. The van der Waals surface area contributed by atoms with Gasteiger partial charge >= 0.3 is 6.01 Å². The largest absolute Gasteiger partial charge is 0.459 e. The summed E-state index contributed by atoms with van der Waals surface area (Å²) in [4.78, 5) is 8.55. The number of sulfonamides is 1. The van der Waals surface area contributed by atoms with Gasteiger partial charge in [0.15, 0.2) is 0 Å². The van der Waals surface area contributed by atoms with Gasteiger partial charge in [-0.3, -0.25) is 0 Å². The van der Waals surface area contributed by atoms with Crippen LogP contribution in [0.5, 0.6) is 6.01 Å². The molecule has 0 amide bonds. The standard InChI is InChI=1S/C17H20BrN3O3S/c1-12-5-6-16(13(2)8-12)25(22,23)21-7-3-4-15(11-21)24-17-19-9-14(18)10-20-17/h5-6,8-10,15H,3-4,7,11H2,1-2H3. The van der Waals surface area contributed by atoms with E-state index in [0.29, 0.717) is 18.0 Å². The maximum atomic E-state index is 13.0. The molecular weight excluding hydrogens is 406 g/mol. The Labute approximate surface area is 156 Å². The highest BCUT2D eigenvalue weighted by Crippen LogP contribution is 2.25. The van der Waals surface area contributed by atoms with Crippen molar-refractivity contribution in [3.8, 4) is 6.01 Å². The molecule has 1 fully saturated rings. The molecule has 6 nitrogen and oxygen atoms in total. The SMILES string of the molecule is Cc1ccc(S(=O)(=O)N2CCCC(Oc3ncc(Br)cn3)C2)c(C)c1. The summed E-state index contributed by atoms with van der Waals surface area (Å²) in [6.45, 7) is 4.58. The zero-order valence-electron chi connectivity index (χ0n) is 14.1. The van der Waals surface area contributed by atoms with Crippen molar-refractivity contribution in [3.63, 3.8) is 0 Å². The van der Waals surface area contributed by atoms with Gasteiger partial charge in [0.25, 0.3) is 0 Å². The minimum Gasteiger partial charge on any atom is -0.459 e. The van der Waals surface area contributed by atoms with Gasteiger partial charge < -0.3 is 4.74 Å². The highest BCUT2D eigenvalue weighted by molar-refractivity contribution is 9.10. The number of piperidine rings is 1. The molecule has 25 heavy (non-hydrogen) atoms. The van der Waals surface area contributed by atoms with Crippen molar-refractivity contribution in [1.29, 1.82) is 0 Å². The number of hydrogen-bond donors (Lipinski definition) is 0. The maximum Gasteiger partial charge on any atom is 0.316 e. The van der Waals surface area contributed by atoms with E-state index >= 15 is 0 Å². The highest BCUT2D eigenvalue weighted by Gasteiger charge is 2.32. The molecule has 0 radical (unpaired) electrons. The van der Waals surface area contributed by atoms with Gasteiger partial charge in [-0.05, 0) is 54.2 Å². The van der Waals surface area contributed by atoms with Crippen LogP contribution in [-0.2, 0) is 10.0 Å². The molecule has 134 valence electrons. The predicted molar refractivity (Wildman–Crippen MR) is 98.1 cm³/mol. The van der Waals surface area contributed by atoms with Crippen molar-refractivity contribution >= 4 is 26.0 Å². The van der Waals surface area contributed by atoms with E-state index in [-0.39, 0.29) is 12.1 Å². The number of halogens is 1. The first kappa shape index (κ1) is 18.3. The van der Waals surface area contributed by atoms with E-state index in [0.717, 1.165) is 28.4 Å². The topological polar surface area (TPSA) is 72.4 Å².